The van der Waals surface area contributed by atoms with Crippen LogP contribution >= 0.6 is 23.2 Å². The number of benzene rings is 2. The molecule has 0 saturated heterocycles. The first-order chi connectivity index (χ1) is 15.1. The lowest BCUT2D eigenvalue weighted by molar-refractivity contribution is -0.258. The number of fused-ring (bicyclic) bond motifs is 3. The van der Waals surface area contributed by atoms with E-state index in [4.69, 9.17) is 27.6 Å². The predicted octanol–water partition coefficient (Wildman–Crippen LogP) is 7.05. The molecular weight excluding hydrogens is 514 g/mol. The maximum absolute atomic E-state index is 14.8. The number of aromatic nitrogens is 1. The van der Waals surface area contributed by atoms with Gasteiger partial charge in [0.25, 0.3) is 10.0 Å². The zero-order valence-electron chi connectivity index (χ0n) is 18.3. The maximum atomic E-state index is 14.8. The van der Waals surface area contributed by atoms with E-state index in [2.05, 4.69) is 0 Å². The molecule has 3 aromatic rings. The van der Waals surface area contributed by atoms with E-state index in [-0.39, 0.29) is 32.4 Å². The summed E-state index contributed by atoms with van der Waals surface area (Å²) in [5, 5.41) is 0.497. The topological polar surface area (TPSA) is 48.3 Å². The van der Waals surface area contributed by atoms with E-state index in [1.54, 1.807) is 38.7 Å². The van der Waals surface area contributed by atoms with Crippen LogP contribution in [0.3, 0.4) is 0 Å². The fourth-order valence-corrected chi connectivity index (χ4v) is 7.70. The smallest absolute Gasteiger partial charge is 0.399 e. The highest BCUT2D eigenvalue weighted by Gasteiger charge is 2.64. The Morgan fingerprint density at radius 2 is 1.64 bits per heavy atom. The second-order valence-corrected chi connectivity index (χ2v) is 16.3. The average Bonchev–Trinajstić information content (AvgIpc) is 3.18. The highest BCUT2D eigenvalue weighted by Crippen LogP contribution is 2.55. The quantitative estimate of drug-likeness (QED) is 0.336. The molecule has 11 heteroatoms. The van der Waals surface area contributed by atoms with Gasteiger partial charge in [-0.3, -0.25) is 0 Å². The highest BCUT2D eigenvalue weighted by molar-refractivity contribution is 7.90. The van der Waals surface area contributed by atoms with Gasteiger partial charge in [-0.05, 0) is 69.2 Å². The Labute approximate surface area is 201 Å². The molecule has 1 unspecified atom stereocenters. The molecular formula is C22H22Cl2F3NO3SSi. The molecule has 178 valence electrons. The van der Waals surface area contributed by atoms with Gasteiger partial charge in [-0.15, -0.1) is 0 Å². The monoisotopic (exact) mass is 535 g/mol. The van der Waals surface area contributed by atoms with Gasteiger partial charge in [-0.1, -0.05) is 40.9 Å². The third-order valence-corrected chi connectivity index (χ3v) is 9.09. The summed E-state index contributed by atoms with van der Waals surface area (Å²) in [7, 11) is -7.22. The molecule has 0 radical (unpaired) electrons. The number of hydrogen-bond acceptors (Lipinski definition) is 3. The zero-order chi connectivity index (χ0) is 24.6. The third-order valence-electron chi connectivity index (χ3n) is 5.68. The molecule has 0 fully saturated rings. The van der Waals surface area contributed by atoms with Gasteiger partial charge in [0, 0.05) is 5.39 Å². The number of alkyl halides is 3. The summed E-state index contributed by atoms with van der Waals surface area (Å²) in [6.45, 7) is 6.73. The van der Waals surface area contributed by atoms with Crippen LogP contribution in [0.15, 0.2) is 41.3 Å². The predicted molar refractivity (Wildman–Crippen MR) is 126 cm³/mol. The first-order valence-corrected chi connectivity index (χ1v) is 15.8. The molecule has 1 aliphatic carbocycles. The molecule has 4 nitrogen and oxygen atoms in total. The van der Waals surface area contributed by atoms with Crippen LogP contribution in [-0.4, -0.2) is 26.9 Å². The molecule has 0 aliphatic heterocycles. The highest BCUT2D eigenvalue weighted by atomic mass is 35.5. The number of rotatable bonds is 4. The maximum Gasteiger partial charge on any atom is 0.422 e. The molecule has 33 heavy (non-hydrogen) atoms. The van der Waals surface area contributed by atoms with Crippen LogP contribution in [0.5, 0.6) is 0 Å². The fraction of sp³-hybridized carbons (Fsp3) is 0.364. The summed E-state index contributed by atoms with van der Waals surface area (Å²) in [4.78, 5) is -0.130. The van der Waals surface area contributed by atoms with Gasteiger partial charge in [-0.2, -0.15) is 13.2 Å². The van der Waals surface area contributed by atoms with Gasteiger partial charge >= 0.3 is 6.18 Å². The van der Waals surface area contributed by atoms with E-state index in [9.17, 15) is 21.6 Å². The molecule has 0 amide bonds. The van der Waals surface area contributed by atoms with Crippen molar-refractivity contribution >= 4 is 52.4 Å². The van der Waals surface area contributed by atoms with Gasteiger partial charge < -0.3 is 4.43 Å². The Balaban J connectivity index is 2.17. The second kappa shape index (κ2) is 7.74. The summed E-state index contributed by atoms with van der Waals surface area (Å²) in [6, 6.07) is 8.68. The summed E-state index contributed by atoms with van der Waals surface area (Å²) in [5.41, 5.74) is -2.05. The minimum Gasteiger partial charge on any atom is -0.399 e. The van der Waals surface area contributed by atoms with Crippen molar-refractivity contribution in [2.75, 3.05) is 0 Å². The van der Waals surface area contributed by atoms with Crippen molar-refractivity contribution < 1.29 is 26.0 Å². The SMILES string of the molecule is Cc1ccc(S(=O)(=O)n2c3c(c4cc(Cl)c(Cl)cc42)CCC3(O[Si](C)(C)C)C(F)(F)F)cc1. The Bertz CT molecular complexity index is 1360. The second-order valence-electron chi connectivity index (χ2n) is 9.23. The molecule has 1 heterocycles. The third kappa shape index (κ3) is 3.91. The zero-order valence-corrected chi connectivity index (χ0v) is 21.7. The molecule has 4 rings (SSSR count). The lowest BCUT2D eigenvalue weighted by atomic mass is 10.0. The van der Waals surface area contributed by atoms with Crippen LogP contribution in [0.1, 0.15) is 23.2 Å². The minimum atomic E-state index is -4.85. The van der Waals surface area contributed by atoms with Crippen molar-refractivity contribution in [3.63, 3.8) is 0 Å². The molecule has 1 aromatic heterocycles. The van der Waals surface area contributed by atoms with Gasteiger partial charge in [0.05, 0.1) is 26.2 Å². The Hall–Kier alpha value is -1.52. The van der Waals surface area contributed by atoms with Crippen LogP contribution in [0, 0.1) is 6.92 Å². The summed E-state index contributed by atoms with van der Waals surface area (Å²) < 4.78 is 78.6. The molecule has 1 atom stereocenters. The summed E-state index contributed by atoms with van der Waals surface area (Å²) >= 11 is 12.4. The van der Waals surface area contributed by atoms with Crippen molar-refractivity contribution in [3.05, 3.63) is 63.3 Å². The Morgan fingerprint density at radius 3 is 2.18 bits per heavy atom. The Morgan fingerprint density at radius 1 is 1.06 bits per heavy atom. The van der Waals surface area contributed by atoms with E-state index >= 15 is 0 Å². The van der Waals surface area contributed by atoms with Crippen molar-refractivity contribution in [1.82, 2.24) is 3.97 Å². The number of aryl methyl sites for hydroxylation is 2. The summed E-state index contributed by atoms with van der Waals surface area (Å²) in [5.74, 6) is 0. The van der Waals surface area contributed by atoms with Gasteiger partial charge in [0.15, 0.2) is 13.9 Å². The van der Waals surface area contributed by atoms with E-state index in [1.807, 2.05) is 0 Å². The molecule has 0 N–H and O–H groups in total. The van der Waals surface area contributed by atoms with Crippen LogP contribution < -0.4 is 0 Å². The van der Waals surface area contributed by atoms with E-state index in [0.29, 0.717) is 5.39 Å². The van der Waals surface area contributed by atoms with Crippen LogP contribution in [0.2, 0.25) is 29.7 Å². The number of halogens is 5. The van der Waals surface area contributed by atoms with Crippen LogP contribution in [-0.2, 0) is 26.5 Å². The van der Waals surface area contributed by atoms with E-state index in [1.165, 1.54) is 24.3 Å². The number of hydrogen-bond donors (Lipinski definition) is 0. The minimum absolute atomic E-state index is 0.00972. The van der Waals surface area contributed by atoms with Crippen molar-refractivity contribution in [2.45, 2.75) is 56.1 Å². The lowest BCUT2D eigenvalue weighted by Gasteiger charge is -2.38. The molecule has 1 aliphatic rings. The van der Waals surface area contributed by atoms with E-state index in [0.717, 1.165) is 9.54 Å². The van der Waals surface area contributed by atoms with Gasteiger partial charge in [-0.25, -0.2) is 12.4 Å². The first kappa shape index (κ1) is 24.6. The van der Waals surface area contributed by atoms with Gasteiger partial charge in [0.1, 0.15) is 0 Å². The lowest BCUT2D eigenvalue weighted by Crippen LogP contribution is -2.50. The molecule has 0 spiro atoms. The molecule has 2 aromatic carbocycles. The standard InChI is InChI=1S/C22H22Cl2F3NO3SSi/c1-13-5-7-14(8-6-13)32(29,30)28-19-12-18(24)17(23)11-16(19)15-9-10-21(20(15)28,22(25,26)27)31-33(2,3)4/h5-8,11-12H,9-10H2,1-4H3. The first-order valence-electron chi connectivity index (χ1n) is 10.2. The van der Waals surface area contributed by atoms with E-state index < -0.39 is 42.2 Å². The van der Waals surface area contributed by atoms with Gasteiger partial charge in [0.2, 0.25) is 0 Å². The van der Waals surface area contributed by atoms with Crippen LogP contribution in [0.4, 0.5) is 13.2 Å². The van der Waals surface area contributed by atoms with Crippen molar-refractivity contribution in [3.8, 4) is 0 Å². The summed E-state index contributed by atoms with van der Waals surface area (Å²) in [6.07, 6.45) is -5.27. The Kier molecular flexibility index (Phi) is 5.77. The normalized spacial score (nSPS) is 19.3. The molecule has 0 bridgehead atoms. The fourth-order valence-electron chi connectivity index (χ4n) is 4.42. The molecule has 0 saturated carbocycles. The van der Waals surface area contributed by atoms with Crippen molar-refractivity contribution in [2.24, 2.45) is 0 Å². The number of nitrogens with zero attached hydrogens (tertiary/aromatic N) is 1. The van der Waals surface area contributed by atoms with Crippen LogP contribution in [0.25, 0.3) is 10.9 Å². The average molecular weight is 536 g/mol. The largest absolute Gasteiger partial charge is 0.422 e. The van der Waals surface area contributed by atoms with Crippen molar-refractivity contribution in [1.29, 1.82) is 0 Å².